The van der Waals surface area contributed by atoms with Crippen LogP contribution in [0.2, 0.25) is 0 Å². The molecule has 0 saturated carbocycles. The molecule has 2 aliphatic heterocycles. The van der Waals surface area contributed by atoms with Crippen LogP contribution in [0.5, 0.6) is 0 Å². The molecule has 1 saturated heterocycles. The number of hydrogen-bond acceptors (Lipinski definition) is 3. The van der Waals surface area contributed by atoms with Crippen LogP contribution in [0, 0.1) is 0 Å². The summed E-state index contributed by atoms with van der Waals surface area (Å²) in [4.78, 5) is 38.0. The van der Waals surface area contributed by atoms with E-state index in [0.717, 1.165) is 22.9 Å². The SMILES string of the molecule is CCc1ccc2c3c(cccc13)N(C1CCC(=O)NC1=O)C2=O. The summed E-state index contributed by atoms with van der Waals surface area (Å²) >= 11 is 0. The van der Waals surface area contributed by atoms with Gasteiger partial charge >= 0.3 is 0 Å². The van der Waals surface area contributed by atoms with Gasteiger partial charge < -0.3 is 0 Å². The second-order valence-electron chi connectivity index (χ2n) is 5.97. The Hall–Kier alpha value is -2.69. The van der Waals surface area contributed by atoms with Crippen LogP contribution in [0.15, 0.2) is 30.3 Å². The van der Waals surface area contributed by atoms with E-state index in [-0.39, 0.29) is 18.2 Å². The van der Waals surface area contributed by atoms with E-state index in [0.29, 0.717) is 12.0 Å². The molecule has 2 heterocycles. The van der Waals surface area contributed by atoms with Crippen molar-refractivity contribution in [3.8, 4) is 0 Å². The molecule has 5 nitrogen and oxygen atoms in total. The van der Waals surface area contributed by atoms with E-state index in [9.17, 15) is 14.4 Å². The number of nitrogens with zero attached hydrogens (tertiary/aromatic N) is 1. The van der Waals surface area contributed by atoms with Crippen molar-refractivity contribution in [2.75, 3.05) is 4.90 Å². The second-order valence-corrected chi connectivity index (χ2v) is 5.97. The minimum Gasteiger partial charge on any atom is -0.295 e. The number of imide groups is 1. The maximum Gasteiger partial charge on any atom is 0.259 e. The molecule has 1 fully saturated rings. The highest BCUT2D eigenvalue weighted by Gasteiger charge is 2.40. The first-order valence-corrected chi connectivity index (χ1v) is 7.83. The number of benzene rings is 2. The van der Waals surface area contributed by atoms with Gasteiger partial charge in [0.25, 0.3) is 5.91 Å². The van der Waals surface area contributed by atoms with Crippen LogP contribution in [-0.2, 0) is 16.0 Å². The van der Waals surface area contributed by atoms with Gasteiger partial charge in [-0.1, -0.05) is 25.1 Å². The predicted molar refractivity (Wildman–Crippen MR) is 86.3 cm³/mol. The van der Waals surface area contributed by atoms with E-state index >= 15 is 0 Å². The van der Waals surface area contributed by atoms with Gasteiger partial charge in [0.15, 0.2) is 0 Å². The molecule has 2 aromatic carbocycles. The molecule has 2 aliphatic rings. The average molecular weight is 308 g/mol. The van der Waals surface area contributed by atoms with Crippen molar-refractivity contribution < 1.29 is 14.4 Å². The molecular formula is C18H16N2O3. The standard InChI is InChI=1S/C18H16N2O3/c1-2-10-6-7-12-16-11(10)4-3-5-13(16)20(18(12)23)14-8-9-15(21)19-17(14)22/h3-7,14H,2,8-9H2,1H3,(H,19,21,22). The quantitative estimate of drug-likeness (QED) is 0.865. The van der Waals surface area contributed by atoms with Gasteiger partial charge in [-0.3, -0.25) is 24.6 Å². The Bertz CT molecular complexity index is 872. The van der Waals surface area contributed by atoms with Crippen molar-refractivity contribution in [1.29, 1.82) is 0 Å². The van der Waals surface area contributed by atoms with Crippen LogP contribution in [0.4, 0.5) is 5.69 Å². The van der Waals surface area contributed by atoms with Crippen LogP contribution in [0.1, 0.15) is 35.7 Å². The van der Waals surface area contributed by atoms with Crippen molar-refractivity contribution in [3.05, 3.63) is 41.5 Å². The van der Waals surface area contributed by atoms with Gasteiger partial charge in [0, 0.05) is 17.4 Å². The number of nitrogens with one attached hydrogen (secondary N) is 1. The fourth-order valence-corrected chi connectivity index (χ4v) is 3.61. The number of piperidine rings is 1. The Morgan fingerprint density at radius 3 is 2.74 bits per heavy atom. The van der Waals surface area contributed by atoms with Crippen molar-refractivity contribution in [2.24, 2.45) is 0 Å². The van der Waals surface area contributed by atoms with Crippen LogP contribution < -0.4 is 10.2 Å². The number of aryl methyl sites for hydroxylation is 1. The van der Waals surface area contributed by atoms with Gasteiger partial charge in [-0.15, -0.1) is 0 Å². The minimum atomic E-state index is -0.622. The molecule has 2 aromatic rings. The lowest BCUT2D eigenvalue weighted by Gasteiger charge is -2.30. The number of amides is 3. The minimum absolute atomic E-state index is 0.159. The Labute approximate surface area is 133 Å². The topological polar surface area (TPSA) is 66.5 Å². The zero-order valence-corrected chi connectivity index (χ0v) is 12.8. The average Bonchev–Trinajstić information content (AvgIpc) is 2.83. The Balaban J connectivity index is 1.88. The largest absolute Gasteiger partial charge is 0.295 e. The molecule has 1 unspecified atom stereocenters. The van der Waals surface area contributed by atoms with Gasteiger partial charge in [0.1, 0.15) is 6.04 Å². The van der Waals surface area contributed by atoms with Gasteiger partial charge in [0.2, 0.25) is 11.8 Å². The fraction of sp³-hybridized carbons (Fsp3) is 0.278. The highest BCUT2D eigenvalue weighted by atomic mass is 16.2. The molecule has 0 aliphatic carbocycles. The van der Waals surface area contributed by atoms with Crippen molar-refractivity contribution >= 4 is 34.2 Å². The smallest absolute Gasteiger partial charge is 0.259 e. The number of carbonyl (C=O) groups is 3. The summed E-state index contributed by atoms with van der Waals surface area (Å²) in [6.07, 6.45) is 1.50. The van der Waals surface area contributed by atoms with Gasteiger partial charge in [-0.05, 0) is 35.9 Å². The number of hydrogen-bond donors (Lipinski definition) is 1. The van der Waals surface area contributed by atoms with Gasteiger partial charge in [-0.25, -0.2) is 0 Å². The third-order valence-electron chi connectivity index (χ3n) is 4.72. The number of anilines is 1. The van der Waals surface area contributed by atoms with Crippen molar-refractivity contribution in [1.82, 2.24) is 5.32 Å². The summed E-state index contributed by atoms with van der Waals surface area (Å²) in [6, 6.07) is 9.01. The molecule has 116 valence electrons. The highest BCUT2D eigenvalue weighted by molar-refractivity contribution is 6.27. The molecule has 1 atom stereocenters. The van der Waals surface area contributed by atoms with E-state index in [1.807, 2.05) is 30.3 Å². The fourth-order valence-electron chi connectivity index (χ4n) is 3.61. The lowest BCUT2D eigenvalue weighted by Crippen LogP contribution is -2.53. The summed E-state index contributed by atoms with van der Waals surface area (Å²) in [5, 5.41) is 4.32. The van der Waals surface area contributed by atoms with Crippen molar-refractivity contribution in [3.63, 3.8) is 0 Å². The number of carbonyl (C=O) groups excluding carboxylic acids is 3. The summed E-state index contributed by atoms with van der Waals surface area (Å²) in [5.74, 6) is -0.828. The molecule has 3 amide bonds. The summed E-state index contributed by atoms with van der Waals surface area (Å²) in [5.41, 5.74) is 2.59. The first-order chi connectivity index (χ1) is 11.1. The summed E-state index contributed by atoms with van der Waals surface area (Å²) in [7, 11) is 0. The van der Waals surface area contributed by atoms with Gasteiger partial charge in [0.05, 0.1) is 5.69 Å². The molecule has 0 bridgehead atoms. The van der Waals surface area contributed by atoms with E-state index < -0.39 is 11.9 Å². The zero-order valence-electron chi connectivity index (χ0n) is 12.8. The monoisotopic (exact) mass is 308 g/mol. The molecule has 0 spiro atoms. The van der Waals surface area contributed by atoms with Crippen LogP contribution in [-0.4, -0.2) is 23.8 Å². The lowest BCUT2D eigenvalue weighted by molar-refractivity contribution is -0.134. The third kappa shape index (κ3) is 1.89. The van der Waals surface area contributed by atoms with E-state index in [1.165, 1.54) is 5.56 Å². The molecule has 1 N–H and O–H groups in total. The predicted octanol–water partition coefficient (Wildman–Crippen LogP) is 2.17. The Morgan fingerprint density at radius 1 is 1.17 bits per heavy atom. The van der Waals surface area contributed by atoms with Gasteiger partial charge in [-0.2, -0.15) is 0 Å². The van der Waals surface area contributed by atoms with Crippen molar-refractivity contribution in [2.45, 2.75) is 32.2 Å². The van der Waals surface area contributed by atoms with E-state index in [1.54, 1.807) is 4.90 Å². The first-order valence-electron chi connectivity index (χ1n) is 7.83. The van der Waals surface area contributed by atoms with Crippen LogP contribution >= 0.6 is 0 Å². The first kappa shape index (κ1) is 13.9. The molecular weight excluding hydrogens is 292 g/mol. The molecule has 4 rings (SSSR count). The maximum absolute atomic E-state index is 12.9. The van der Waals surface area contributed by atoms with Crippen LogP contribution in [0.25, 0.3) is 10.8 Å². The lowest BCUT2D eigenvalue weighted by atomic mass is 9.99. The maximum atomic E-state index is 12.9. The summed E-state index contributed by atoms with van der Waals surface area (Å²) < 4.78 is 0. The second kappa shape index (κ2) is 4.91. The summed E-state index contributed by atoms with van der Waals surface area (Å²) in [6.45, 7) is 2.08. The molecule has 5 heteroatoms. The molecule has 0 radical (unpaired) electrons. The normalized spacial score (nSPS) is 20.3. The van der Waals surface area contributed by atoms with Crippen LogP contribution in [0.3, 0.4) is 0 Å². The highest BCUT2D eigenvalue weighted by Crippen LogP contribution is 2.40. The van der Waals surface area contributed by atoms with E-state index in [4.69, 9.17) is 0 Å². The van der Waals surface area contributed by atoms with E-state index in [2.05, 4.69) is 12.2 Å². The zero-order chi connectivity index (χ0) is 16.1. The Kier molecular flexibility index (Phi) is 2.98. The molecule has 23 heavy (non-hydrogen) atoms. The third-order valence-corrected chi connectivity index (χ3v) is 4.72. The molecule has 0 aromatic heterocycles. The Morgan fingerprint density at radius 2 is 2.00 bits per heavy atom. The number of rotatable bonds is 2.